The number of piperidine rings is 1. The quantitative estimate of drug-likeness (QED) is 0.909. The summed E-state index contributed by atoms with van der Waals surface area (Å²) >= 11 is 0. The van der Waals surface area contributed by atoms with Crippen molar-refractivity contribution in [2.45, 2.75) is 25.7 Å². The van der Waals surface area contributed by atoms with E-state index in [0.717, 1.165) is 24.1 Å². The van der Waals surface area contributed by atoms with Gasteiger partial charge in [0.2, 0.25) is 12.7 Å². The number of nitrogens with two attached hydrogens (primary N) is 1. The molecular weight excluding hydrogens is 310 g/mol. The van der Waals surface area contributed by atoms with Crippen LogP contribution in [0.4, 0.5) is 5.88 Å². The third kappa shape index (κ3) is 2.46. The molecule has 24 heavy (non-hydrogen) atoms. The fourth-order valence-corrected chi connectivity index (χ4v) is 3.31. The highest BCUT2D eigenvalue weighted by molar-refractivity contribution is 5.95. The van der Waals surface area contributed by atoms with Crippen LogP contribution in [0.15, 0.2) is 22.7 Å². The van der Waals surface area contributed by atoms with E-state index in [0.29, 0.717) is 36.0 Å². The second-order valence-electron chi connectivity index (χ2n) is 6.19. The Bertz CT molecular complexity index is 778. The molecule has 0 bridgehead atoms. The first-order valence-corrected chi connectivity index (χ1v) is 8.04. The van der Waals surface area contributed by atoms with Crippen LogP contribution < -0.4 is 15.2 Å². The van der Waals surface area contributed by atoms with Crippen LogP contribution in [0.2, 0.25) is 0 Å². The first kappa shape index (κ1) is 14.9. The summed E-state index contributed by atoms with van der Waals surface area (Å²) in [7, 11) is 0. The smallest absolute Gasteiger partial charge is 0.253 e. The topological polar surface area (TPSA) is 90.8 Å². The molecule has 0 aliphatic carbocycles. The van der Waals surface area contributed by atoms with Gasteiger partial charge in [-0.25, -0.2) is 0 Å². The highest BCUT2D eigenvalue weighted by atomic mass is 16.7. The first-order valence-electron chi connectivity index (χ1n) is 8.04. The molecule has 0 radical (unpaired) electrons. The predicted octanol–water partition coefficient (Wildman–Crippen LogP) is 2.31. The SMILES string of the molecule is Cc1c(C2CCN(C(=O)c3ccc4c(c3)OCO4)CC2)noc1N. The lowest BCUT2D eigenvalue weighted by atomic mass is 9.91. The fraction of sp³-hybridized carbons (Fsp3) is 0.412. The van der Waals surface area contributed by atoms with Gasteiger partial charge in [0.1, 0.15) is 0 Å². The Labute approximate surface area is 139 Å². The Hall–Kier alpha value is -2.70. The number of ether oxygens (including phenoxy) is 2. The monoisotopic (exact) mass is 329 g/mol. The number of fused-ring (bicyclic) bond motifs is 1. The maximum Gasteiger partial charge on any atom is 0.253 e. The van der Waals surface area contributed by atoms with Crippen LogP contribution in [0.1, 0.15) is 40.4 Å². The molecule has 2 aliphatic rings. The molecule has 2 aliphatic heterocycles. The number of carbonyl (C=O) groups excluding carboxylic acids is 1. The van der Waals surface area contributed by atoms with Crippen molar-refractivity contribution in [1.29, 1.82) is 0 Å². The minimum absolute atomic E-state index is 0.0168. The third-order valence-electron chi connectivity index (χ3n) is 4.78. The van der Waals surface area contributed by atoms with Crippen molar-refractivity contribution in [1.82, 2.24) is 10.1 Å². The van der Waals surface area contributed by atoms with E-state index < -0.39 is 0 Å². The number of nitrogen functional groups attached to an aromatic ring is 1. The lowest BCUT2D eigenvalue weighted by molar-refractivity contribution is 0.0711. The van der Waals surface area contributed by atoms with E-state index in [1.807, 2.05) is 11.8 Å². The Balaban J connectivity index is 1.44. The molecule has 7 nitrogen and oxygen atoms in total. The maximum atomic E-state index is 12.7. The minimum Gasteiger partial charge on any atom is -0.454 e. The van der Waals surface area contributed by atoms with Crippen molar-refractivity contribution in [2.24, 2.45) is 0 Å². The zero-order valence-corrected chi connectivity index (χ0v) is 13.4. The molecule has 0 unspecified atom stereocenters. The van der Waals surface area contributed by atoms with Crippen molar-refractivity contribution < 1.29 is 18.8 Å². The number of likely N-dealkylation sites (tertiary alicyclic amines) is 1. The molecule has 1 aromatic carbocycles. The number of amides is 1. The molecular formula is C17H19N3O4. The molecule has 0 spiro atoms. The van der Waals surface area contributed by atoms with Crippen LogP contribution in [-0.4, -0.2) is 35.8 Å². The Morgan fingerprint density at radius 1 is 1.25 bits per heavy atom. The molecule has 1 saturated heterocycles. The number of aromatic nitrogens is 1. The van der Waals surface area contributed by atoms with E-state index in [4.69, 9.17) is 19.7 Å². The molecule has 1 amide bonds. The standard InChI is InChI=1S/C17H19N3O4/c1-10-15(19-24-16(10)18)11-4-6-20(7-5-11)17(21)12-2-3-13-14(8-12)23-9-22-13/h2-3,8,11H,4-7,9,18H2,1H3. The highest BCUT2D eigenvalue weighted by Gasteiger charge is 2.28. The van der Waals surface area contributed by atoms with Gasteiger partial charge in [0, 0.05) is 30.1 Å². The number of hydrogen-bond donors (Lipinski definition) is 1. The van der Waals surface area contributed by atoms with Crippen molar-refractivity contribution in [3.8, 4) is 11.5 Å². The zero-order valence-electron chi connectivity index (χ0n) is 13.4. The molecule has 126 valence electrons. The van der Waals surface area contributed by atoms with E-state index in [9.17, 15) is 4.79 Å². The summed E-state index contributed by atoms with van der Waals surface area (Å²) in [5.74, 6) is 1.99. The van der Waals surface area contributed by atoms with E-state index >= 15 is 0 Å². The van der Waals surface area contributed by atoms with Gasteiger partial charge in [0.25, 0.3) is 5.91 Å². The molecule has 4 rings (SSSR count). The van der Waals surface area contributed by atoms with Gasteiger partial charge in [-0.3, -0.25) is 4.79 Å². The number of rotatable bonds is 2. The Kier molecular flexibility index (Phi) is 3.55. The van der Waals surface area contributed by atoms with Gasteiger partial charge in [-0.05, 0) is 38.0 Å². The molecule has 1 aromatic heterocycles. The normalized spacial score (nSPS) is 17.3. The van der Waals surface area contributed by atoms with Crippen molar-refractivity contribution in [2.75, 3.05) is 25.6 Å². The molecule has 3 heterocycles. The second-order valence-corrected chi connectivity index (χ2v) is 6.19. The molecule has 1 fully saturated rings. The second kappa shape index (κ2) is 5.74. The predicted molar refractivity (Wildman–Crippen MR) is 86.1 cm³/mol. The van der Waals surface area contributed by atoms with E-state index in [-0.39, 0.29) is 18.6 Å². The molecule has 2 aromatic rings. The van der Waals surface area contributed by atoms with Gasteiger partial charge in [0.15, 0.2) is 11.5 Å². The summed E-state index contributed by atoms with van der Waals surface area (Å²) < 4.78 is 15.7. The Morgan fingerprint density at radius 3 is 2.71 bits per heavy atom. The summed E-state index contributed by atoms with van der Waals surface area (Å²) in [5.41, 5.74) is 8.18. The summed E-state index contributed by atoms with van der Waals surface area (Å²) in [5, 5.41) is 4.07. The van der Waals surface area contributed by atoms with Crippen LogP contribution in [0.5, 0.6) is 11.5 Å². The number of carbonyl (C=O) groups is 1. The van der Waals surface area contributed by atoms with Gasteiger partial charge in [-0.1, -0.05) is 5.16 Å². The minimum atomic E-state index is 0.0168. The summed E-state index contributed by atoms with van der Waals surface area (Å²) in [4.78, 5) is 14.6. The fourth-order valence-electron chi connectivity index (χ4n) is 3.31. The molecule has 2 N–H and O–H groups in total. The maximum absolute atomic E-state index is 12.7. The van der Waals surface area contributed by atoms with E-state index in [1.165, 1.54) is 0 Å². The summed E-state index contributed by atoms with van der Waals surface area (Å²) in [6, 6.07) is 5.31. The first-order chi connectivity index (χ1) is 11.6. The molecule has 0 atom stereocenters. The van der Waals surface area contributed by atoms with Gasteiger partial charge >= 0.3 is 0 Å². The van der Waals surface area contributed by atoms with Gasteiger partial charge in [-0.2, -0.15) is 0 Å². The average molecular weight is 329 g/mol. The van der Waals surface area contributed by atoms with E-state index in [1.54, 1.807) is 18.2 Å². The zero-order chi connectivity index (χ0) is 16.7. The molecule has 7 heteroatoms. The van der Waals surface area contributed by atoms with Crippen LogP contribution in [0.25, 0.3) is 0 Å². The number of benzene rings is 1. The van der Waals surface area contributed by atoms with Gasteiger partial charge in [0.05, 0.1) is 5.69 Å². The Morgan fingerprint density at radius 2 is 2.00 bits per heavy atom. The molecule has 0 saturated carbocycles. The van der Waals surface area contributed by atoms with Crippen molar-refractivity contribution in [3.05, 3.63) is 35.0 Å². The number of nitrogens with zero attached hydrogens (tertiary/aromatic N) is 2. The van der Waals surface area contributed by atoms with E-state index in [2.05, 4.69) is 5.16 Å². The van der Waals surface area contributed by atoms with Crippen LogP contribution in [0, 0.1) is 6.92 Å². The lowest BCUT2D eigenvalue weighted by Gasteiger charge is -2.31. The van der Waals surface area contributed by atoms with Gasteiger partial charge in [-0.15, -0.1) is 0 Å². The van der Waals surface area contributed by atoms with Crippen molar-refractivity contribution in [3.63, 3.8) is 0 Å². The van der Waals surface area contributed by atoms with Crippen molar-refractivity contribution >= 4 is 11.8 Å². The lowest BCUT2D eigenvalue weighted by Crippen LogP contribution is -2.38. The average Bonchev–Trinajstić information content (AvgIpc) is 3.21. The van der Waals surface area contributed by atoms with Crippen LogP contribution in [0.3, 0.4) is 0 Å². The van der Waals surface area contributed by atoms with Crippen LogP contribution >= 0.6 is 0 Å². The largest absolute Gasteiger partial charge is 0.454 e. The van der Waals surface area contributed by atoms with Crippen LogP contribution in [-0.2, 0) is 0 Å². The highest BCUT2D eigenvalue weighted by Crippen LogP contribution is 2.34. The third-order valence-corrected chi connectivity index (χ3v) is 4.78. The van der Waals surface area contributed by atoms with Gasteiger partial charge < -0.3 is 24.6 Å². The number of anilines is 1. The summed E-state index contributed by atoms with van der Waals surface area (Å²) in [6.45, 7) is 3.50. The summed E-state index contributed by atoms with van der Waals surface area (Å²) in [6.07, 6.45) is 1.70. The number of hydrogen-bond acceptors (Lipinski definition) is 6.